The third kappa shape index (κ3) is 3.80. The van der Waals surface area contributed by atoms with E-state index in [0.29, 0.717) is 25.2 Å². The number of thiazole rings is 1. The minimum atomic E-state index is 0.00966. The molecule has 1 aliphatic heterocycles. The van der Waals surface area contributed by atoms with Gasteiger partial charge in [0.25, 0.3) is 5.91 Å². The highest BCUT2D eigenvalue weighted by Crippen LogP contribution is 2.29. The van der Waals surface area contributed by atoms with Crippen molar-refractivity contribution in [2.45, 2.75) is 13.1 Å². The quantitative estimate of drug-likeness (QED) is 0.358. The van der Waals surface area contributed by atoms with E-state index in [0.717, 1.165) is 39.0 Å². The first-order valence-corrected chi connectivity index (χ1v) is 12.0. The molecule has 0 fully saturated rings. The number of carbonyl (C=O) groups excluding carboxylic acids is 1. The number of amides is 1. The first-order valence-electron chi connectivity index (χ1n) is 11.1. The molecule has 0 spiro atoms. The van der Waals surface area contributed by atoms with Gasteiger partial charge in [-0.3, -0.25) is 4.79 Å². The van der Waals surface area contributed by atoms with Crippen molar-refractivity contribution in [2.75, 3.05) is 6.54 Å². The SMILES string of the molecule is O=C(c1ccc(-c2ccccc2)cc1)N1CCn2c(nnc2-c2csc(-c3ccccc3)n2)C1. The van der Waals surface area contributed by atoms with Crippen LogP contribution in [0.4, 0.5) is 0 Å². The summed E-state index contributed by atoms with van der Waals surface area (Å²) in [5.41, 5.74) is 4.82. The average Bonchev–Trinajstić information content (AvgIpc) is 3.56. The van der Waals surface area contributed by atoms with E-state index in [1.54, 1.807) is 11.3 Å². The predicted octanol–water partition coefficient (Wildman–Crippen LogP) is 5.39. The van der Waals surface area contributed by atoms with Gasteiger partial charge in [0.1, 0.15) is 10.7 Å². The molecule has 3 heterocycles. The molecule has 0 bridgehead atoms. The third-order valence-electron chi connectivity index (χ3n) is 6.03. The fraction of sp³-hybridized carbons (Fsp3) is 0.111. The molecule has 2 aromatic heterocycles. The summed E-state index contributed by atoms with van der Waals surface area (Å²) >= 11 is 1.60. The predicted molar refractivity (Wildman–Crippen MR) is 133 cm³/mol. The normalized spacial score (nSPS) is 13.0. The van der Waals surface area contributed by atoms with Crippen LogP contribution in [0.1, 0.15) is 16.2 Å². The zero-order valence-corrected chi connectivity index (χ0v) is 19.2. The third-order valence-corrected chi connectivity index (χ3v) is 6.92. The lowest BCUT2D eigenvalue weighted by Crippen LogP contribution is -2.38. The van der Waals surface area contributed by atoms with Crippen molar-refractivity contribution < 1.29 is 4.79 Å². The molecule has 0 radical (unpaired) electrons. The van der Waals surface area contributed by atoms with Gasteiger partial charge in [-0.1, -0.05) is 72.8 Å². The highest BCUT2D eigenvalue weighted by Gasteiger charge is 2.26. The van der Waals surface area contributed by atoms with E-state index in [9.17, 15) is 4.79 Å². The maximum atomic E-state index is 13.2. The lowest BCUT2D eigenvalue weighted by molar-refractivity contribution is 0.0708. The van der Waals surface area contributed by atoms with Gasteiger partial charge in [-0.2, -0.15) is 0 Å². The molecular formula is C27H21N5OS. The van der Waals surface area contributed by atoms with Crippen molar-refractivity contribution in [1.82, 2.24) is 24.6 Å². The molecule has 0 saturated carbocycles. The van der Waals surface area contributed by atoms with Gasteiger partial charge in [-0.05, 0) is 23.3 Å². The standard InChI is InChI=1S/C27H21N5OS/c33-27(22-13-11-20(12-14-22)19-7-3-1-4-8-19)31-15-16-32-24(17-31)29-30-25(32)23-18-34-26(28-23)21-9-5-2-6-10-21/h1-14,18H,15-17H2. The van der Waals surface area contributed by atoms with Gasteiger partial charge >= 0.3 is 0 Å². The van der Waals surface area contributed by atoms with Crippen LogP contribution in [0.25, 0.3) is 33.2 Å². The number of rotatable bonds is 4. The second kappa shape index (κ2) is 8.68. The van der Waals surface area contributed by atoms with Gasteiger partial charge in [0.05, 0.1) is 6.54 Å². The highest BCUT2D eigenvalue weighted by molar-refractivity contribution is 7.13. The largest absolute Gasteiger partial charge is 0.329 e. The van der Waals surface area contributed by atoms with E-state index in [1.165, 1.54) is 0 Å². The van der Waals surface area contributed by atoms with Gasteiger partial charge in [0.2, 0.25) is 0 Å². The highest BCUT2D eigenvalue weighted by atomic mass is 32.1. The van der Waals surface area contributed by atoms with E-state index in [-0.39, 0.29) is 5.91 Å². The molecule has 0 saturated heterocycles. The van der Waals surface area contributed by atoms with Crippen LogP contribution in [-0.4, -0.2) is 37.1 Å². The summed E-state index contributed by atoms with van der Waals surface area (Å²) in [5.74, 6) is 1.55. The lowest BCUT2D eigenvalue weighted by atomic mass is 10.0. The van der Waals surface area contributed by atoms with Crippen LogP contribution in [0.3, 0.4) is 0 Å². The topological polar surface area (TPSA) is 63.9 Å². The number of benzene rings is 3. The van der Waals surface area contributed by atoms with Crippen molar-refractivity contribution in [3.8, 4) is 33.2 Å². The van der Waals surface area contributed by atoms with Crippen molar-refractivity contribution >= 4 is 17.2 Å². The Balaban J connectivity index is 1.19. The van der Waals surface area contributed by atoms with Gasteiger partial charge in [-0.25, -0.2) is 4.98 Å². The monoisotopic (exact) mass is 463 g/mol. The summed E-state index contributed by atoms with van der Waals surface area (Å²) in [7, 11) is 0. The van der Waals surface area contributed by atoms with Crippen LogP contribution in [-0.2, 0) is 13.1 Å². The van der Waals surface area contributed by atoms with Crippen LogP contribution in [0.5, 0.6) is 0 Å². The molecule has 0 N–H and O–H groups in total. The second-order valence-corrected chi connectivity index (χ2v) is 9.02. The minimum Gasteiger partial charge on any atom is -0.329 e. The summed E-state index contributed by atoms with van der Waals surface area (Å²) in [6, 6.07) is 28.1. The molecule has 3 aromatic carbocycles. The van der Waals surface area contributed by atoms with E-state index in [2.05, 4.69) is 39.0 Å². The smallest absolute Gasteiger partial charge is 0.254 e. The molecule has 0 unspecified atom stereocenters. The van der Waals surface area contributed by atoms with E-state index in [1.807, 2.05) is 70.9 Å². The molecule has 6 nitrogen and oxygen atoms in total. The molecule has 6 rings (SSSR count). The maximum Gasteiger partial charge on any atom is 0.254 e. The van der Waals surface area contributed by atoms with Gasteiger partial charge in [-0.15, -0.1) is 21.5 Å². The van der Waals surface area contributed by atoms with Crippen molar-refractivity contribution in [1.29, 1.82) is 0 Å². The molecule has 166 valence electrons. The average molecular weight is 464 g/mol. The molecule has 1 aliphatic rings. The van der Waals surface area contributed by atoms with E-state index >= 15 is 0 Å². The van der Waals surface area contributed by atoms with Crippen molar-refractivity contribution in [3.63, 3.8) is 0 Å². The van der Waals surface area contributed by atoms with Gasteiger partial charge < -0.3 is 9.47 Å². The molecular weight excluding hydrogens is 442 g/mol. The fourth-order valence-corrected chi connectivity index (χ4v) is 5.03. The Morgan fingerprint density at radius 3 is 2.18 bits per heavy atom. The van der Waals surface area contributed by atoms with Crippen molar-refractivity contribution in [2.24, 2.45) is 0 Å². The number of hydrogen-bond donors (Lipinski definition) is 0. The number of fused-ring (bicyclic) bond motifs is 1. The van der Waals surface area contributed by atoms with E-state index < -0.39 is 0 Å². The second-order valence-electron chi connectivity index (χ2n) is 8.17. The molecule has 34 heavy (non-hydrogen) atoms. The summed E-state index contributed by atoms with van der Waals surface area (Å²) in [4.78, 5) is 19.8. The Bertz CT molecular complexity index is 1440. The minimum absolute atomic E-state index is 0.00966. The number of nitrogens with zero attached hydrogens (tertiary/aromatic N) is 5. The summed E-state index contributed by atoms with van der Waals surface area (Å²) in [5, 5.41) is 11.8. The van der Waals surface area contributed by atoms with Gasteiger partial charge in [0.15, 0.2) is 11.6 Å². The molecule has 5 aromatic rings. The number of aromatic nitrogens is 4. The van der Waals surface area contributed by atoms with Crippen molar-refractivity contribution in [3.05, 3.63) is 102 Å². The molecule has 0 aliphatic carbocycles. The van der Waals surface area contributed by atoms with E-state index in [4.69, 9.17) is 4.98 Å². The maximum absolute atomic E-state index is 13.2. The van der Waals surface area contributed by atoms with Crippen LogP contribution in [0, 0.1) is 0 Å². The first kappa shape index (κ1) is 20.5. The molecule has 1 amide bonds. The Hall–Kier alpha value is -4.10. The summed E-state index contributed by atoms with van der Waals surface area (Å²) in [6.45, 7) is 1.68. The first-order chi connectivity index (χ1) is 16.8. The van der Waals surface area contributed by atoms with Gasteiger partial charge in [0, 0.05) is 29.6 Å². The Morgan fingerprint density at radius 1 is 0.765 bits per heavy atom. The van der Waals surface area contributed by atoms with Crippen LogP contribution >= 0.6 is 11.3 Å². The lowest BCUT2D eigenvalue weighted by Gasteiger charge is -2.27. The summed E-state index contributed by atoms with van der Waals surface area (Å²) in [6.07, 6.45) is 0. The number of hydrogen-bond acceptors (Lipinski definition) is 5. The number of carbonyl (C=O) groups is 1. The Morgan fingerprint density at radius 2 is 1.44 bits per heavy atom. The van der Waals surface area contributed by atoms with Crippen LogP contribution in [0.2, 0.25) is 0 Å². The Kier molecular flexibility index (Phi) is 5.24. The zero-order valence-electron chi connectivity index (χ0n) is 18.3. The van der Waals surface area contributed by atoms with Crippen LogP contribution in [0.15, 0.2) is 90.3 Å². The fourth-order valence-electron chi connectivity index (χ4n) is 4.23. The zero-order chi connectivity index (χ0) is 22.9. The van der Waals surface area contributed by atoms with Crippen LogP contribution < -0.4 is 0 Å². The Labute approximate surface area is 201 Å². The summed E-state index contributed by atoms with van der Waals surface area (Å²) < 4.78 is 2.08. The molecule has 7 heteroatoms. The molecule has 0 atom stereocenters.